The molecule has 0 unspecified atom stereocenters. The van der Waals surface area contributed by atoms with Crippen LogP contribution in [0.25, 0.3) is 0 Å². The van der Waals surface area contributed by atoms with Crippen LogP contribution in [0.2, 0.25) is 0 Å². The average molecular weight is 243 g/mol. The van der Waals surface area contributed by atoms with E-state index in [1.807, 2.05) is 0 Å². The molecular formula is C12H12F3NO. The van der Waals surface area contributed by atoms with Gasteiger partial charge in [-0.15, -0.1) is 0 Å². The summed E-state index contributed by atoms with van der Waals surface area (Å²) in [5.74, 6) is -0.223. The molecule has 0 heterocycles. The summed E-state index contributed by atoms with van der Waals surface area (Å²) in [6, 6.07) is 5.13. The van der Waals surface area contributed by atoms with Crippen molar-refractivity contribution in [1.82, 2.24) is 0 Å². The number of benzene rings is 1. The van der Waals surface area contributed by atoms with E-state index >= 15 is 0 Å². The van der Waals surface area contributed by atoms with Crippen LogP contribution < -0.4 is 5.32 Å². The molecule has 0 bridgehead atoms. The number of anilines is 1. The van der Waals surface area contributed by atoms with Crippen molar-refractivity contribution in [1.29, 1.82) is 0 Å². The first kappa shape index (κ1) is 13.3. The van der Waals surface area contributed by atoms with Crippen LogP contribution in [-0.4, -0.2) is 5.78 Å². The van der Waals surface area contributed by atoms with Crippen molar-refractivity contribution in [3.05, 3.63) is 41.6 Å². The van der Waals surface area contributed by atoms with Crippen LogP contribution in [0.4, 0.5) is 18.9 Å². The molecular weight excluding hydrogens is 231 g/mol. The van der Waals surface area contributed by atoms with Gasteiger partial charge < -0.3 is 5.32 Å². The van der Waals surface area contributed by atoms with E-state index in [-0.39, 0.29) is 11.5 Å². The van der Waals surface area contributed by atoms with Crippen LogP contribution >= 0.6 is 0 Å². The van der Waals surface area contributed by atoms with Gasteiger partial charge in [0, 0.05) is 5.70 Å². The van der Waals surface area contributed by atoms with E-state index < -0.39 is 11.7 Å². The van der Waals surface area contributed by atoms with Crippen LogP contribution in [0.5, 0.6) is 0 Å². The van der Waals surface area contributed by atoms with Gasteiger partial charge in [-0.2, -0.15) is 13.2 Å². The number of rotatable bonds is 3. The summed E-state index contributed by atoms with van der Waals surface area (Å²) < 4.78 is 37.9. The minimum absolute atomic E-state index is 0.0602. The summed E-state index contributed by atoms with van der Waals surface area (Å²) in [5.41, 5.74) is -0.444. The van der Waals surface area contributed by atoms with E-state index in [0.29, 0.717) is 5.70 Å². The van der Waals surface area contributed by atoms with Gasteiger partial charge in [-0.05, 0) is 32.1 Å². The third kappa shape index (κ3) is 3.94. The molecule has 1 aromatic carbocycles. The van der Waals surface area contributed by atoms with Gasteiger partial charge in [0.05, 0.1) is 11.3 Å². The predicted molar refractivity (Wildman–Crippen MR) is 59.5 cm³/mol. The van der Waals surface area contributed by atoms with Crippen LogP contribution in [0, 0.1) is 0 Å². The molecule has 0 saturated carbocycles. The second-order valence-electron chi connectivity index (χ2n) is 3.61. The quantitative estimate of drug-likeness (QED) is 0.821. The largest absolute Gasteiger partial charge is 0.418 e. The Labute approximate surface area is 97.1 Å². The fourth-order valence-electron chi connectivity index (χ4n) is 1.39. The van der Waals surface area contributed by atoms with Crippen molar-refractivity contribution < 1.29 is 18.0 Å². The minimum atomic E-state index is -4.42. The van der Waals surface area contributed by atoms with Gasteiger partial charge in [0.15, 0.2) is 5.78 Å². The maximum Gasteiger partial charge on any atom is 0.418 e. The highest BCUT2D eigenvalue weighted by atomic mass is 19.4. The summed E-state index contributed by atoms with van der Waals surface area (Å²) in [6.45, 7) is 2.87. The SMILES string of the molecule is CC(=O)C=C(C)Nc1ccccc1C(F)(F)F. The highest BCUT2D eigenvalue weighted by molar-refractivity contribution is 5.88. The molecule has 0 fully saturated rings. The van der Waals surface area contributed by atoms with E-state index in [0.717, 1.165) is 6.07 Å². The van der Waals surface area contributed by atoms with Gasteiger partial charge in [-0.3, -0.25) is 4.79 Å². The van der Waals surface area contributed by atoms with E-state index in [1.165, 1.54) is 38.1 Å². The molecule has 0 aliphatic carbocycles. The number of ketones is 1. The summed E-state index contributed by atoms with van der Waals surface area (Å²) in [6.07, 6.45) is -3.17. The number of carbonyl (C=O) groups is 1. The van der Waals surface area contributed by atoms with Crippen LogP contribution in [0.3, 0.4) is 0 Å². The molecule has 0 radical (unpaired) electrons. The second kappa shape index (κ2) is 5.03. The normalized spacial score (nSPS) is 12.4. The molecule has 1 N–H and O–H groups in total. The fraction of sp³-hybridized carbons (Fsp3) is 0.250. The number of para-hydroxylation sites is 1. The Balaban J connectivity index is 3.04. The van der Waals surface area contributed by atoms with Gasteiger partial charge in [-0.25, -0.2) is 0 Å². The maximum absolute atomic E-state index is 12.6. The average Bonchev–Trinajstić information content (AvgIpc) is 2.15. The molecule has 1 aromatic rings. The Bertz CT molecular complexity index is 449. The first-order valence-electron chi connectivity index (χ1n) is 4.93. The highest BCUT2D eigenvalue weighted by Gasteiger charge is 2.33. The summed E-state index contributed by atoms with van der Waals surface area (Å²) in [4.78, 5) is 10.8. The van der Waals surface area contributed by atoms with Crippen molar-refractivity contribution in [2.45, 2.75) is 20.0 Å². The Morgan fingerprint density at radius 2 is 1.82 bits per heavy atom. The standard InChI is InChI=1S/C12H12F3NO/c1-8(7-9(2)17)16-11-6-4-3-5-10(11)12(13,14)15/h3-7,16H,1-2H3. The van der Waals surface area contributed by atoms with Crippen LogP contribution in [0.1, 0.15) is 19.4 Å². The van der Waals surface area contributed by atoms with E-state index in [4.69, 9.17) is 0 Å². The fourth-order valence-corrected chi connectivity index (χ4v) is 1.39. The molecule has 0 aromatic heterocycles. The Kier molecular flexibility index (Phi) is 3.93. The lowest BCUT2D eigenvalue weighted by atomic mass is 10.1. The van der Waals surface area contributed by atoms with E-state index in [2.05, 4.69) is 5.32 Å². The third-order valence-corrected chi connectivity index (χ3v) is 1.98. The lowest BCUT2D eigenvalue weighted by Gasteiger charge is -2.14. The van der Waals surface area contributed by atoms with Gasteiger partial charge in [-0.1, -0.05) is 12.1 Å². The molecule has 0 atom stereocenters. The van der Waals surface area contributed by atoms with Crippen molar-refractivity contribution >= 4 is 11.5 Å². The van der Waals surface area contributed by atoms with Crippen molar-refractivity contribution in [3.8, 4) is 0 Å². The monoisotopic (exact) mass is 243 g/mol. The first-order chi connectivity index (χ1) is 7.80. The number of carbonyl (C=O) groups excluding carboxylic acids is 1. The lowest BCUT2D eigenvalue weighted by Crippen LogP contribution is -2.10. The molecule has 5 heteroatoms. The lowest BCUT2D eigenvalue weighted by molar-refractivity contribution is -0.136. The number of nitrogens with one attached hydrogen (secondary N) is 1. The molecule has 0 amide bonds. The predicted octanol–water partition coefficient (Wildman–Crippen LogP) is 3.61. The number of allylic oxidation sites excluding steroid dienone is 2. The van der Waals surface area contributed by atoms with Gasteiger partial charge in [0.25, 0.3) is 0 Å². The molecule has 0 saturated heterocycles. The summed E-state index contributed by atoms with van der Waals surface area (Å²) in [5, 5.41) is 2.57. The zero-order chi connectivity index (χ0) is 13.1. The van der Waals surface area contributed by atoms with E-state index in [1.54, 1.807) is 0 Å². The smallest absolute Gasteiger partial charge is 0.359 e. The van der Waals surface area contributed by atoms with Gasteiger partial charge >= 0.3 is 6.18 Å². The Morgan fingerprint density at radius 3 is 2.35 bits per heavy atom. The molecule has 92 valence electrons. The number of hydrogen-bond acceptors (Lipinski definition) is 2. The Morgan fingerprint density at radius 1 is 1.24 bits per heavy atom. The third-order valence-electron chi connectivity index (χ3n) is 1.98. The molecule has 17 heavy (non-hydrogen) atoms. The van der Waals surface area contributed by atoms with Crippen LogP contribution in [-0.2, 0) is 11.0 Å². The number of alkyl halides is 3. The highest BCUT2D eigenvalue weighted by Crippen LogP contribution is 2.34. The minimum Gasteiger partial charge on any atom is -0.359 e. The van der Waals surface area contributed by atoms with Crippen molar-refractivity contribution in [2.75, 3.05) is 5.32 Å². The summed E-state index contributed by atoms with van der Waals surface area (Å²) in [7, 11) is 0. The van der Waals surface area contributed by atoms with Crippen LogP contribution in [0.15, 0.2) is 36.0 Å². The van der Waals surface area contributed by atoms with Crippen molar-refractivity contribution in [2.24, 2.45) is 0 Å². The first-order valence-corrected chi connectivity index (χ1v) is 4.93. The molecule has 1 rings (SSSR count). The zero-order valence-electron chi connectivity index (χ0n) is 9.43. The molecule has 0 aliphatic heterocycles. The van der Waals surface area contributed by atoms with Crippen molar-refractivity contribution in [3.63, 3.8) is 0 Å². The molecule has 0 aliphatic rings. The Hall–Kier alpha value is -1.78. The van der Waals surface area contributed by atoms with E-state index in [9.17, 15) is 18.0 Å². The zero-order valence-corrected chi connectivity index (χ0v) is 9.43. The topological polar surface area (TPSA) is 29.1 Å². The number of hydrogen-bond donors (Lipinski definition) is 1. The molecule has 0 spiro atoms. The van der Waals surface area contributed by atoms with Gasteiger partial charge in [0.2, 0.25) is 0 Å². The maximum atomic E-state index is 12.6. The number of halogens is 3. The summed E-state index contributed by atoms with van der Waals surface area (Å²) >= 11 is 0. The van der Waals surface area contributed by atoms with Gasteiger partial charge in [0.1, 0.15) is 0 Å². The molecule has 2 nitrogen and oxygen atoms in total. The second-order valence-corrected chi connectivity index (χ2v) is 3.61.